The molecule has 160 valence electrons. The van der Waals surface area contributed by atoms with Crippen LogP contribution in [0.2, 0.25) is 0 Å². The molecule has 8 heteroatoms. The van der Waals surface area contributed by atoms with Crippen LogP contribution in [-0.4, -0.2) is 49.9 Å². The molecule has 5 atom stereocenters. The van der Waals surface area contributed by atoms with Gasteiger partial charge in [-0.25, -0.2) is 9.00 Å². The van der Waals surface area contributed by atoms with Crippen molar-refractivity contribution in [1.82, 2.24) is 4.90 Å². The number of benzene rings is 2. The zero-order chi connectivity index (χ0) is 22.0. The summed E-state index contributed by atoms with van der Waals surface area (Å²) in [6.07, 6.45) is -0.859. The van der Waals surface area contributed by atoms with E-state index < -0.39 is 35.0 Å². The van der Waals surface area contributed by atoms with Gasteiger partial charge in [0.25, 0.3) is 0 Å². The van der Waals surface area contributed by atoms with Crippen molar-refractivity contribution in [3.05, 3.63) is 59.8 Å². The third-order valence-corrected chi connectivity index (χ3v) is 8.03. The molecule has 2 aromatic rings. The van der Waals surface area contributed by atoms with Gasteiger partial charge in [-0.3, -0.25) is 9.10 Å². The lowest BCUT2D eigenvalue weighted by Gasteiger charge is -2.46. The molecular weight excluding hydrogens is 416 g/mol. The molecular formula is C23H22N2O5S. The van der Waals surface area contributed by atoms with Gasteiger partial charge in [0.2, 0.25) is 5.91 Å². The summed E-state index contributed by atoms with van der Waals surface area (Å²) in [5.74, 6) is -2.45. The fourth-order valence-electron chi connectivity index (χ4n) is 5.12. The van der Waals surface area contributed by atoms with Crippen LogP contribution in [0.25, 0.3) is 11.1 Å². The van der Waals surface area contributed by atoms with Crippen LogP contribution in [-0.2, 0) is 20.6 Å². The van der Waals surface area contributed by atoms with E-state index >= 15 is 0 Å². The molecule has 1 fully saturated rings. The topological polar surface area (TPSA) is 98.2 Å². The fourth-order valence-corrected chi connectivity index (χ4v) is 6.51. The first-order valence-electron chi connectivity index (χ1n) is 10.2. The van der Waals surface area contributed by atoms with E-state index in [0.717, 1.165) is 16.8 Å². The number of carboxylic acids is 1. The molecule has 3 aliphatic rings. The molecule has 2 aromatic carbocycles. The van der Waals surface area contributed by atoms with Crippen LogP contribution in [0, 0.1) is 11.8 Å². The minimum absolute atomic E-state index is 0.0484. The first-order valence-corrected chi connectivity index (χ1v) is 11.3. The summed E-state index contributed by atoms with van der Waals surface area (Å²) >= 11 is 0. The monoisotopic (exact) mass is 438 g/mol. The number of nitrogens with zero attached hydrogens (tertiary/aromatic N) is 2. The summed E-state index contributed by atoms with van der Waals surface area (Å²) in [6, 6.07) is 14.7. The molecule has 1 amide bonds. The Labute approximate surface area is 182 Å². The number of para-hydroxylation sites is 1. The Morgan fingerprint density at radius 2 is 1.77 bits per heavy atom. The molecule has 5 unspecified atom stereocenters. The molecule has 0 aromatic heterocycles. The van der Waals surface area contributed by atoms with Gasteiger partial charge in [0, 0.05) is 17.0 Å². The number of hydrogen-bond donors (Lipinski definition) is 2. The molecule has 0 radical (unpaired) electrons. The highest BCUT2D eigenvalue weighted by Crippen LogP contribution is 2.49. The molecule has 0 aliphatic carbocycles. The summed E-state index contributed by atoms with van der Waals surface area (Å²) < 4.78 is 15.2. The number of aliphatic hydroxyl groups is 1. The van der Waals surface area contributed by atoms with Crippen LogP contribution >= 0.6 is 0 Å². The predicted molar refractivity (Wildman–Crippen MR) is 115 cm³/mol. The summed E-state index contributed by atoms with van der Waals surface area (Å²) in [7, 11) is -1.53. The largest absolute Gasteiger partial charge is 0.477 e. The van der Waals surface area contributed by atoms with Crippen LogP contribution in [0.5, 0.6) is 0 Å². The van der Waals surface area contributed by atoms with Gasteiger partial charge >= 0.3 is 5.97 Å². The molecule has 7 nitrogen and oxygen atoms in total. The van der Waals surface area contributed by atoms with Crippen molar-refractivity contribution in [2.24, 2.45) is 11.8 Å². The minimum Gasteiger partial charge on any atom is -0.477 e. The van der Waals surface area contributed by atoms with E-state index in [4.69, 9.17) is 0 Å². The first kappa shape index (κ1) is 20.0. The maximum Gasteiger partial charge on any atom is 0.352 e. The van der Waals surface area contributed by atoms with Crippen LogP contribution in [0.15, 0.2) is 64.7 Å². The zero-order valence-corrected chi connectivity index (χ0v) is 17.9. The van der Waals surface area contributed by atoms with Gasteiger partial charge in [0.1, 0.15) is 5.70 Å². The Hall–Kier alpha value is -2.97. The minimum atomic E-state index is -1.53. The second-order valence-electron chi connectivity index (χ2n) is 8.23. The molecule has 1 saturated heterocycles. The highest BCUT2D eigenvalue weighted by atomic mass is 32.2. The van der Waals surface area contributed by atoms with E-state index in [0.29, 0.717) is 10.5 Å². The zero-order valence-electron chi connectivity index (χ0n) is 17.1. The van der Waals surface area contributed by atoms with Gasteiger partial charge in [0.15, 0.2) is 11.0 Å². The van der Waals surface area contributed by atoms with Crippen LogP contribution < -0.4 is 4.31 Å². The normalized spacial score (nSPS) is 27.4. The quantitative estimate of drug-likeness (QED) is 0.715. The van der Waals surface area contributed by atoms with Crippen molar-refractivity contribution >= 4 is 28.5 Å². The molecule has 3 aliphatic heterocycles. The molecule has 0 spiro atoms. The average molecular weight is 439 g/mol. The number of hydrogen-bond acceptors (Lipinski definition) is 4. The van der Waals surface area contributed by atoms with E-state index in [9.17, 15) is 24.0 Å². The van der Waals surface area contributed by atoms with Crippen molar-refractivity contribution < 1.29 is 24.0 Å². The number of aliphatic carboxylic acids is 1. The Balaban J connectivity index is 1.59. The lowest BCUT2D eigenvalue weighted by atomic mass is 9.77. The lowest BCUT2D eigenvalue weighted by molar-refractivity contribution is -0.163. The van der Waals surface area contributed by atoms with E-state index in [1.54, 1.807) is 11.2 Å². The summed E-state index contributed by atoms with van der Waals surface area (Å²) in [4.78, 5) is 26.7. The van der Waals surface area contributed by atoms with Crippen molar-refractivity contribution in [1.29, 1.82) is 0 Å². The Morgan fingerprint density at radius 1 is 1.13 bits per heavy atom. The highest BCUT2D eigenvalue weighted by molar-refractivity contribution is 7.86. The molecule has 31 heavy (non-hydrogen) atoms. The third kappa shape index (κ3) is 2.71. The number of rotatable bonds is 4. The van der Waals surface area contributed by atoms with E-state index in [1.807, 2.05) is 55.5 Å². The van der Waals surface area contributed by atoms with Gasteiger partial charge in [0.05, 0.1) is 35.2 Å². The van der Waals surface area contributed by atoms with Gasteiger partial charge in [-0.1, -0.05) is 43.3 Å². The van der Waals surface area contributed by atoms with Crippen molar-refractivity contribution in [2.45, 2.75) is 30.9 Å². The number of β-lactam (4-membered cyclic amide) rings is 1. The Bertz CT molecular complexity index is 1170. The Morgan fingerprint density at radius 3 is 2.45 bits per heavy atom. The van der Waals surface area contributed by atoms with Crippen LogP contribution in [0.3, 0.4) is 0 Å². The maximum absolute atomic E-state index is 13.5. The standard InChI is InChI=1S/C23H22N2O5S/c1-12-16(21(23(28)29)25-20(12)19(13(2)26)22(25)27)11-24-17-9-5-3-7-14(17)15-8-4-6-10-18(15)31(24)30/h3-10,12-13,19-20,26H,11H2,1-2H3,(H,28,29). The van der Waals surface area contributed by atoms with Gasteiger partial charge < -0.3 is 15.1 Å². The highest BCUT2D eigenvalue weighted by Gasteiger charge is 2.60. The Kier molecular flexibility index (Phi) is 4.53. The van der Waals surface area contributed by atoms with Crippen molar-refractivity contribution in [2.75, 3.05) is 10.8 Å². The molecule has 3 heterocycles. The second kappa shape index (κ2) is 7.03. The number of fused-ring (bicyclic) bond motifs is 4. The van der Waals surface area contributed by atoms with Crippen molar-refractivity contribution in [3.63, 3.8) is 0 Å². The van der Waals surface area contributed by atoms with Gasteiger partial charge in [-0.2, -0.15) is 0 Å². The first-order chi connectivity index (χ1) is 14.8. The summed E-state index contributed by atoms with van der Waals surface area (Å²) in [6.45, 7) is 3.54. The summed E-state index contributed by atoms with van der Waals surface area (Å²) in [5.41, 5.74) is 3.09. The van der Waals surface area contributed by atoms with Gasteiger partial charge in [-0.15, -0.1) is 0 Å². The number of anilines is 1. The smallest absolute Gasteiger partial charge is 0.352 e. The van der Waals surface area contributed by atoms with Gasteiger partial charge in [-0.05, 0) is 24.6 Å². The van der Waals surface area contributed by atoms with E-state index in [2.05, 4.69) is 0 Å². The fraction of sp³-hybridized carbons (Fsp3) is 0.304. The van der Waals surface area contributed by atoms with Crippen LogP contribution in [0.4, 0.5) is 5.69 Å². The maximum atomic E-state index is 13.5. The van der Waals surface area contributed by atoms with Crippen molar-refractivity contribution in [3.8, 4) is 11.1 Å². The molecule has 5 rings (SSSR count). The summed E-state index contributed by atoms with van der Waals surface area (Å²) in [5, 5.41) is 20.0. The van der Waals surface area contributed by atoms with E-state index in [1.165, 1.54) is 4.90 Å². The molecule has 2 N–H and O–H groups in total. The van der Waals surface area contributed by atoms with E-state index in [-0.39, 0.29) is 24.1 Å². The number of aliphatic hydroxyl groups excluding tert-OH is 1. The lowest BCUT2D eigenvalue weighted by Crippen LogP contribution is -2.63. The number of carbonyl (C=O) groups is 2. The number of carbonyl (C=O) groups excluding carboxylic acids is 1. The number of amides is 1. The predicted octanol–water partition coefficient (Wildman–Crippen LogP) is 2.39. The molecule has 0 bridgehead atoms. The second-order valence-corrected chi connectivity index (χ2v) is 9.61. The SMILES string of the molecule is CC(O)C1C(=O)N2C(C(=O)O)=C(CN3c4ccccc4-c4ccccc4S3=O)C(C)C12. The number of carboxylic acid groups (broad SMARTS) is 1. The molecule has 0 saturated carbocycles. The average Bonchev–Trinajstić information content (AvgIpc) is 2.99. The third-order valence-electron chi connectivity index (χ3n) is 6.57. The van der Waals surface area contributed by atoms with Crippen LogP contribution in [0.1, 0.15) is 13.8 Å².